The zero-order valence-electron chi connectivity index (χ0n) is 21.0. The topological polar surface area (TPSA) is 131 Å². The summed E-state index contributed by atoms with van der Waals surface area (Å²) in [6.07, 6.45) is 1.15. The van der Waals surface area contributed by atoms with Gasteiger partial charge in [0.05, 0.1) is 18.8 Å². The van der Waals surface area contributed by atoms with Gasteiger partial charge >= 0.3 is 5.97 Å². The standard InChI is InChI=1S/C27H31N3O6S2/c1-17-29-30-27(38-17)37-16-22-14-23(19-8-6-18(15-31)7-9-19)36-26(35-22)20-10-12-21(13-11-20)28-24(32)4-2-3-5-25(33)34/h6-13,22-23,26,31H,2-5,14-16H2,1H3,(H,28,32)(H,33,34). The average molecular weight is 558 g/mol. The molecule has 2 aromatic carbocycles. The summed E-state index contributed by atoms with van der Waals surface area (Å²) in [5.74, 6) is -0.298. The van der Waals surface area contributed by atoms with Crippen LogP contribution in [-0.2, 0) is 25.7 Å². The Kier molecular flexibility index (Phi) is 10.2. The lowest BCUT2D eigenvalue weighted by molar-refractivity contribution is -0.245. The molecule has 9 nitrogen and oxygen atoms in total. The molecule has 38 heavy (non-hydrogen) atoms. The Labute approximate surface area is 229 Å². The summed E-state index contributed by atoms with van der Waals surface area (Å²) in [6.45, 7) is 1.92. The summed E-state index contributed by atoms with van der Waals surface area (Å²) in [6, 6.07) is 15.1. The van der Waals surface area contributed by atoms with E-state index in [0.29, 0.717) is 30.7 Å². The van der Waals surface area contributed by atoms with E-state index in [-0.39, 0.29) is 37.6 Å². The smallest absolute Gasteiger partial charge is 0.303 e. The maximum absolute atomic E-state index is 12.2. The van der Waals surface area contributed by atoms with E-state index in [2.05, 4.69) is 15.5 Å². The minimum atomic E-state index is -0.853. The molecule has 1 aliphatic rings. The average Bonchev–Trinajstić information content (AvgIpc) is 3.35. The third kappa shape index (κ3) is 8.34. The number of amides is 1. The fraction of sp³-hybridized carbons (Fsp3) is 0.407. The Morgan fingerprint density at radius 1 is 1.03 bits per heavy atom. The van der Waals surface area contributed by atoms with E-state index in [1.54, 1.807) is 23.1 Å². The second kappa shape index (κ2) is 13.8. The second-order valence-corrected chi connectivity index (χ2v) is 11.5. The number of ether oxygens (including phenoxy) is 2. The number of aryl methyl sites for hydroxylation is 1. The molecule has 3 atom stereocenters. The number of nitrogens with one attached hydrogen (secondary N) is 1. The lowest BCUT2D eigenvalue weighted by Gasteiger charge is -2.36. The molecule has 0 aliphatic carbocycles. The van der Waals surface area contributed by atoms with Gasteiger partial charge in [-0.15, -0.1) is 10.2 Å². The molecule has 1 amide bonds. The van der Waals surface area contributed by atoms with Crippen molar-refractivity contribution in [2.75, 3.05) is 11.1 Å². The van der Waals surface area contributed by atoms with Crippen LogP contribution in [0.15, 0.2) is 52.9 Å². The van der Waals surface area contributed by atoms with Gasteiger partial charge in [-0.25, -0.2) is 0 Å². The zero-order chi connectivity index (χ0) is 26.9. The molecular formula is C27H31N3O6S2. The molecule has 1 saturated heterocycles. The molecule has 0 spiro atoms. The summed E-state index contributed by atoms with van der Waals surface area (Å²) in [4.78, 5) is 22.8. The van der Waals surface area contributed by atoms with Gasteiger partial charge in [0, 0.05) is 36.3 Å². The number of hydrogen-bond donors (Lipinski definition) is 3. The quantitative estimate of drug-likeness (QED) is 0.202. The van der Waals surface area contributed by atoms with Crippen LogP contribution in [0.25, 0.3) is 0 Å². The van der Waals surface area contributed by atoms with Gasteiger partial charge in [0.2, 0.25) is 5.91 Å². The Morgan fingerprint density at radius 2 is 1.74 bits per heavy atom. The van der Waals surface area contributed by atoms with Crippen molar-refractivity contribution in [3.63, 3.8) is 0 Å². The van der Waals surface area contributed by atoms with Crippen molar-refractivity contribution in [1.82, 2.24) is 10.2 Å². The largest absolute Gasteiger partial charge is 0.481 e. The van der Waals surface area contributed by atoms with Crippen LogP contribution in [-0.4, -0.2) is 44.1 Å². The van der Waals surface area contributed by atoms with Crippen molar-refractivity contribution in [3.05, 3.63) is 70.2 Å². The van der Waals surface area contributed by atoms with E-state index in [1.165, 1.54) is 0 Å². The third-order valence-electron chi connectivity index (χ3n) is 6.03. The number of carbonyl (C=O) groups is 2. The molecule has 1 aromatic heterocycles. The van der Waals surface area contributed by atoms with Crippen molar-refractivity contribution in [2.45, 2.75) is 68.5 Å². The number of anilines is 1. The lowest BCUT2D eigenvalue weighted by Crippen LogP contribution is -2.31. The van der Waals surface area contributed by atoms with Crippen LogP contribution >= 0.6 is 23.1 Å². The van der Waals surface area contributed by atoms with E-state index >= 15 is 0 Å². The number of thioether (sulfide) groups is 1. The molecule has 0 radical (unpaired) electrons. The first-order valence-electron chi connectivity index (χ1n) is 12.4. The summed E-state index contributed by atoms with van der Waals surface area (Å²) in [7, 11) is 0. The first-order chi connectivity index (χ1) is 18.4. The normalized spacial score (nSPS) is 19.3. The SMILES string of the molecule is Cc1nnc(SCC2CC(c3ccc(CO)cc3)OC(c3ccc(NC(=O)CCCCC(=O)O)cc3)O2)s1. The van der Waals surface area contributed by atoms with Crippen molar-refractivity contribution in [1.29, 1.82) is 0 Å². The van der Waals surface area contributed by atoms with Gasteiger partial charge in [0.15, 0.2) is 10.6 Å². The van der Waals surface area contributed by atoms with Gasteiger partial charge in [0.25, 0.3) is 0 Å². The maximum Gasteiger partial charge on any atom is 0.303 e. The van der Waals surface area contributed by atoms with Crippen molar-refractivity contribution >= 4 is 40.7 Å². The van der Waals surface area contributed by atoms with Crippen LogP contribution < -0.4 is 5.32 Å². The Balaban J connectivity index is 1.41. The van der Waals surface area contributed by atoms with E-state index in [9.17, 15) is 14.7 Å². The molecule has 3 N–H and O–H groups in total. The van der Waals surface area contributed by atoms with Gasteiger partial charge in [-0.3, -0.25) is 9.59 Å². The van der Waals surface area contributed by atoms with Crippen LogP contribution in [0.2, 0.25) is 0 Å². The maximum atomic E-state index is 12.2. The van der Waals surface area contributed by atoms with Crippen LogP contribution in [0.4, 0.5) is 5.69 Å². The predicted molar refractivity (Wildman–Crippen MR) is 145 cm³/mol. The van der Waals surface area contributed by atoms with E-state index in [1.807, 2.05) is 55.5 Å². The fourth-order valence-corrected chi connectivity index (χ4v) is 5.89. The Hall–Kier alpha value is -2.83. The number of aliphatic hydroxyl groups excluding tert-OH is 1. The highest BCUT2D eigenvalue weighted by Crippen LogP contribution is 2.39. The number of hydrogen-bond acceptors (Lipinski definition) is 9. The Morgan fingerprint density at radius 3 is 2.39 bits per heavy atom. The zero-order valence-corrected chi connectivity index (χ0v) is 22.7. The number of carboxylic acid groups (broad SMARTS) is 1. The van der Waals surface area contributed by atoms with Crippen molar-refractivity contribution in [3.8, 4) is 0 Å². The molecule has 0 bridgehead atoms. The van der Waals surface area contributed by atoms with Crippen LogP contribution in [0.1, 0.15) is 66.2 Å². The minimum Gasteiger partial charge on any atom is -0.481 e. The van der Waals surface area contributed by atoms with Crippen molar-refractivity contribution < 1.29 is 29.3 Å². The number of aliphatic carboxylic acids is 1. The number of unbranched alkanes of at least 4 members (excludes halogenated alkanes) is 1. The molecule has 11 heteroatoms. The van der Waals surface area contributed by atoms with E-state index in [0.717, 1.165) is 26.0 Å². The molecule has 0 saturated carbocycles. The van der Waals surface area contributed by atoms with Crippen LogP contribution in [0.3, 0.4) is 0 Å². The number of carboxylic acids is 1. The first kappa shape index (κ1) is 28.2. The van der Waals surface area contributed by atoms with Gasteiger partial charge in [0.1, 0.15) is 5.01 Å². The van der Waals surface area contributed by atoms with Crippen LogP contribution in [0.5, 0.6) is 0 Å². The number of benzene rings is 2. The number of aromatic nitrogens is 2. The van der Waals surface area contributed by atoms with Crippen LogP contribution in [0, 0.1) is 6.92 Å². The summed E-state index contributed by atoms with van der Waals surface area (Å²) in [5, 5.41) is 30.2. The number of aliphatic hydroxyl groups is 1. The highest BCUT2D eigenvalue weighted by atomic mass is 32.2. The molecule has 202 valence electrons. The summed E-state index contributed by atoms with van der Waals surface area (Å²) >= 11 is 3.18. The highest BCUT2D eigenvalue weighted by molar-refractivity contribution is 8.01. The fourth-order valence-electron chi connectivity index (χ4n) is 4.03. The second-order valence-electron chi connectivity index (χ2n) is 9.02. The van der Waals surface area contributed by atoms with E-state index in [4.69, 9.17) is 14.6 Å². The first-order valence-corrected chi connectivity index (χ1v) is 14.2. The van der Waals surface area contributed by atoms with Gasteiger partial charge < -0.3 is 25.0 Å². The molecule has 1 fully saturated rings. The van der Waals surface area contributed by atoms with Crippen molar-refractivity contribution in [2.24, 2.45) is 0 Å². The monoisotopic (exact) mass is 557 g/mol. The minimum absolute atomic E-state index is 0.0106. The Bertz CT molecular complexity index is 1200. The molecule has 3 aromatic rings. The van der Waals surface area contributed by atoms with Gasteiger partial charge in [-0.1, -0.05) is 59.5 Å². The molecule has 1 aliphatic heterocycles. The van der Waals surface area contributed by atoms with Gasteiger partial charge in [-0.2, -0.15) is 0 Å². The number of carbonyl (C=O) groups excluding carboxylic acids is 1. The lowest BCUT2D eigenvalue weighted by atomic mass is 10.0. The summed E-state index contributed by atoms with van der Waals surface area (Å²) < 4.78 is 13.6. The molecule has 2 heterocycles. The third-order valence-corrected chi connectivity index (χ3v) is 8.13. The number of nitrogens with zero attached hydrogens (tertiary/aromatic N) is 2. The van der Waals surface area contributed by atoms with Gasteiger partial charge in [-0.05, 0) is 43.0 Å². The molecular weight excluding hydrogens is 526 g/mol. The summed E-state index contributed by atoms with van der Waals surface area (Å²) in [5.41, 5.74) is 3.35. The van der Waals surface area contributed by atoms with E-state index < -0.39 is 12.3 Å². The number of rotatable bonds is 12. The predicted octanol–water partition coefficient (Wildman–Crippen LogP) is 5.26. The highest BCUT2D eigenvalue weighted by Gasteiger charge is 2.32. The molecule has 4 rings (SSSR count). The molecule has 3 unspecified atom stereocenters.